The zero-order chi connectivity index (χ0) is 15.5. The van der Waals surface area contributed by atoms with Crippen molar-refractivity contribution < 1.29 is 9.18 Å². The number of carbonyl (C=O) groups is 1. The molecule has 0 radical (unpaired) electrons. The summed E-state index contributed by atoms with van der Waals surface area (Å²) in [6.45, 7) is 5.81. The van der Waals surface area contributed by atoms with Crippen LogP contribution in [0.4, 0.5) is 4.39 Å². The fourth-order valence-electron chi connectivity index (χ4n) is 2.25. The Hall–Kier alpha value is -2.16. The van der Waals surface area contributed by atoms with Crippen molar-refractivity contribution in [1.82, 2.24) is 5.32 Å². The standard InChI is InChI=1S/C18H20FNO/c1-18(2,3)20-17(21)12-13-8-4-5-9-14(13)15-10-6-7-11-16(15)19/h4-11H,12H2,1-3H3,(H,20,21). The van der Waals surface area contributed by atoms with Crippen molar-refractivity contribution in [3.05, 3.63) is 59.9 Å². The summed E-state index contributed by atoms with van der Waals surface area (Å²) in [5, 5.41) is 2.93. The molecule has 110 valence electrons. The lowest BCUT2D eigenvalue weighted by molar-refractivity contribution is -0.121. The van der Waals surface area contributed by atoms with Crippen LogP contribution in [0.1, 0.15) is 26.3 Å². The average Bonchev–Trinajstić information content (AvgIpc) is 2.38. The molecule has 0 saturated carbocycles. The Labute approximate surface area is 125 Å². The minimum absolute atomic E-state index is 0.0636. The molecule has 0 bridgehead atoms. The van der Waals surface area contributed by atoms with Crippen molar-refractivity contribution in [1.29, 1.82) is 0 Å². The van der Waals surface area contributed by atoms with E-state index in [0.29, 0.717) is 5.56 Å². The lowest BCUT2D eigenvalue weighted by Crippen LogP contribution is -2.41. The molecule has 2 rings (SSSR count). The Morgan fingerprint density at radius 2 is 1.57 bits per heavy atom. The third-order valence-electron chi connectivity index (χ3n) is 3.05. The summed E-state index contributed by atoms with van der Waals surface area (Å²) in [6.07, 6.45) is 0.238. The van der Waals surface area contributed by atoms with Crippen LogP contribution in [0.5, 0.6) is 0 Å². The molecule has 0 spiro atoms. The smallest absolute Gasteiger partial charge is 0.224 e. The molecular weight excluding hydrogens is 265 g/mol. The normalized spacial score (nSPS) is 11.2. The van der Waals surface area contributed by atoms with Crippen LogP contribution in [-0.2, 0) is 11.2 Å². The van der Waals surface area contributed by atoms with Crippen LogP contribution >= 0.6 is 0 Å². The topological polar surface area (TPSA) is 29.1 Å². The molecule has 2 aromatic carbocycles. The van der Waals surface area contributed by atoms with Crippen LogP contribution < -0.4 is 5.32 Å². The molecule has 0 unspecified atom stereocenters. The van der Waals surface area contributed by atoms with Gasteiger partial charge in [-0.15, -0.1) is 0 Å². The summed E-state index contributed by atoms with van der Waals surface area (Å²) in [4.78, 5) is 12.1. The fourth-order valence-corrected chi connectivity index (χ4v) is 2.25. The molecule has 3 heteroatoms. The number of hydrogen-bond donors (Lipinski definition) is 1. The third-order valence-corrected chi connectivity index (χ3v) is 3.05. The highest BCUT2D eigenvalue weighted by atomic mass is 19.1. The molecule has 0 aliphatic heterocycles. The first-order valence-electron chi connectivity index (χ1n) is 7.00. The van der Waals surface area contributed by atoms with Gasteiger partial charge in [0.05, 0.1) is 6.42 Å². The number of rotatable bonds is 3. The second-order valence-corrected chi connectivity index (χ2v) is 6.11. The second kappa shape index (κ2) is 6.08. The van der Waals surface area contributed by atoms with Gasteiger partial charge in [-0.25, -0.2) is 4.39 Å². The molecule has 2 aromatic rings. The Bertz CT molecular complexity index is 644. The van der Waals surface area contributed by atoms with Crippen LogP contribution in [0.25, 0.3) is 11.1 Å². The first-order chi connectivity index (χ1) is 9.87. The van der Waals surface area contributed by atoms with Crippen molar-refractivity contribution in [3.63, 3.8) is 0 Å². The number of benzene rings is 2. The quantitative estimate of drug-likeness (QED) is 0.909. The molecule has 0 aliphatic rings. The zero-order valence-corrected chi connectivity index (χ0v) is 12.6. The Morgan fingerprint density at radius 1 is 1.00 bits per heavy atom. The van der Waals surface area contributed by atoms with Gasteiger partial charge < -0.3 is 5.32 Å². The molecule has 21 heavy (non-hydrogen) atoms. The summed E-state index contributed by atoms with van der Waals surface area (Å²) < 4.78 is 14.0. The van der Waals surface area contributed by atoms with E-state index in [1.54, 1.807) is 18.2 Å². The van der Waals surface area contributed by atoms with E-state index < -0.39 is 0 Å². The van der Waals surface area contributed by atoms with Gasteiger partial charge in [0, 0.05) is 11.1 Å². The van der Waals surface area contributed by atoms with Crippen molar-refractivity contribution in [3.8, 4) is 11.1 Å². The minimum Gasteiger partial charge on any atom is -0.351 e. The van der Waals surface area contributed by atoms with Crippen molar-refractivity contribution in [2.75, 3.05) is 0 Å². The molecule has 0 atom stereocenters. The van der Waals surface area contributed by atoms with E-state index in [9.17, 15) is 9.18 Å². The van der Waals surface area contributed by atoms with Crippen molar-refractivity contribution in [2.24, 2.45) is 0 Å². The van der Waals surface area contributed by atoms with Gasteiger partial charge in [-0.05, 0) is 38.0 Å². The van der Waals surface area contributed by atoms with Crippen LogP contribution in [-0.4, -0.2) is 11.4 Å². The van der Waals surface area contributed by atoms with Crippen LogP contribution in [0.2, 0.25) is 0 Å². The van der Waals surface area contributed by atoms with Crippen molar-refractivity contribution in [2.45, 2.75) is 32.7 Å². The van der Waals surface area contributed by atoms with Gasteiger partial charge in [0.2, 0.25) is 5.91 Å². The van der Waals surface area contributed by atoms with Crippen LogP contribution in [0, 0.1) is 5.82 Å². The molecule has 0 aromatic heterocycles. The molecule has 1 N–H and O–H groups in total. The highest BCUT2D eigenvalue weighted by molar-refractivity contribution is 5.82. The van der Waals surface area contributed by atoms with Gasteiger partial charge in [0.1, 0.15) is 5.82 Å². The lowest BCUT2D eigenvalue weighted by atomic mass is 9.96. The summed E-state index contributed by atoms with van der Waals surface area (Å²) in [6, 6.07) is 14.1. The number of halogens is 1. The van der Waals surface area contributed by atoms with Crippen molar-refractivity contribution >= 4 is 5.91 Å². The molecule has 2 nitrogen and oxygen atoms in total. The predicted molar refractivity (Wildman–Crippen MR) is 83.4 cm³/mol. The lowest BCUT2D eigenvalue weighted by Gasteiger charge is -2.21. The van der Waals surface area contributed by atoms with E-state index in [2.05, 4.69) is 5.32 Å². The Morgan fingerprint density at radius 3 is 2.19 bits per heavy atom. The molecule has 0 saturated heterocycles. The zero-order valence-electron chi connectivity index (χ0n) is 12.6. The summed E-state index contributed by atoms with van der Waals surface area (Å²) in [7, 11) is 0. The first-order valence-corrected chi connectivity index (χ1v) is 7.00. The molecule has 1 amide bonds. The van der Waals surface area contributed by atoms with Crippen LogP contribution in [0.3, 0.4) is 0 Å². The van der Waals surface area contributed by atoms with E-state index in [1.165, 1.54) is 6.07 Å². The van der Waals surface area contributed by atoms with Crippen LogP contribution in [0.15, 0.2) is 48.5 Å². The molecular formula is C18H20FNO. The number of hydrogen-bond acceptors (Lipinski definition) is 1. The van der Waals surface area contributed by atoms with E-state index in [0.717, 1.165) is 11.1 Å². The number of amides is 1. The van der Waals surface area contributed by atoms with Gasteiger partial charge in [0.15, 0.2) is 0 Å². The second-order valence-electron chi connectivity index (χ2n) is 6.11. The highest BCUT2D eigenvalue weighted by Crippen LogP contribution is 2.26. The predicted octanol–water partition coefficient (Wildman–Crippen LogP) is 3.95. The number of nitrogens with one attached hydrogen (secondary N) is 1. The van der Waals surface area contributed by atoms with Gasteiger partial charge in [-0.1, -0.05) is 42.5 Å². The average molecular weight is 285 g/mol. The maximum Gasteiger partial charge on any atom is 0.224 e. The van der Waals surface area contributed by atoms with E-state index in [-0.39, 0.29) is 23.7 Å². The Kier molecular flexibility index (Phi) is 4.41. The SMILES string of the molecule is CC(C)(C)NC(=O)Cc1ccccc1-c1ccccc1F. The van der Waals surface area contributed by atoms with E-state index in [4.69, 9.17) is 0 Å². The Balaban J connectivity index is 2.30. The van der Waals surface area contributed by atoms with Gasteiger partial charge in [-0.3, -0.25) is 4.79 Å². The maximum atomic E-state index is 14.0. The molecule has 0 aliphatic carbocycles. The summed E-state index contributed by atoms with van der Waals surface area (Å²) in [5.74, 6) is -0.340. The highest BCUT2D eigenvalue weighted by Gasteiger charge is 2.16. The van der Waals surface area contributed by atoms with Gasteiger partial charge in [0.25, 0.3) is 0 Å². The van der Waals surface area contributed by atoms with Gasteiger partial charge >= 0.3 is 0 Å². The molecule has 0 fully saturated rings. The first kappa shape index (κ1) is 15.2. The summed E-state index contributed by atoms with van der Waals surface area (Å²) >= 11 is 0. The minimum atomic E-state index is -0.277. The largest absolute Gasteiger partial charge is 0.351 e. The van der Waals surface area contributed by atoms with Gasteiger partial charge in [-0.2, -0.15) is 0 Å². The number of carbonyl (C=O) groups excluding carboxylic acids is 1. The van der Waals surface area contributed by atoms with E-state index >= 15 is 0 Å². The molecule has 0 heterocycles. The van der Waals surface area contributed by atoms with E-state index in [1.807, 2.05) is 45.0 Å². The fraction of sp³-hybridized carbons (Fsp3) is 0.278. The monoisotopic (exact) mass is 285 g/mol. The maximum absolute atomic E-state index is 14.0. The third kappa shape index (κ3) is 4.15. The summed E-state index contributed by atoms with van der Waals surface area (Å²) in [5.41, 5.74) is 1.84.